The summed E-state index contributed by atoms with van der Waals surface area (Å²) in [5.74, 6) is 1.30. The van der Waals surface area contributed by atoms with E-state index in [-0.39, 0.29) is 5.82 Å². The number of nitrogens with one attached hydrogen (secondary N) is 2. The Kier molecular flexibility index (Phi) is 7.43. The van der Waals surface area contributed by atoms with Crippen molar-refractivity contribution in [1.29, 1.82) is 0 Å². The quantitative estimate of drug-likeness (QED) is 0.535. The van der Waals surface area contributed by atoms with Crippen molar-refractivity contribution in [2.75, 3.05) is 6.54 Å². The lowest BCUT2D eigenvalue weighted by atomic mass is 10.1. The zero-order valence-electron chi connectivity index (χ0n) is 14.8. The van der Waals surface area contributed by atoms with Crippen LogP contribution in [0.2, 0.25) is 0 Å². The summed E-state index contributed by atoms with van der Waals surface area (Å²) in [6.07, 6.45) is 1.63. The molecule has 0 unspecified atom stereocenters. The van der Waals surface area contributed by atoms with E-state index in [9.17, 15) is 4.39 Å². The van der Waals surface area contributed by atoms with E-state index in [4.69, 9.17) is 4.52 Å². The SMILES string of the molecule is CCNC(=NCc1cc(F)cc(Br)c1)NCc1c(CC)noc1CC. The van der Waals surface area contributed by atoms with Crippen LogP contribution in [-0.2, 0) is 25.9 Å². The second kappa shape index (κ2) is 9.56. The van der Waals surface area contributed by atoms with Crippen molar-refractivity contribution in [3.8, 4) is 0 Å². The van der Waals surface area contributed by atoms with Gasteiger partial charge in [0.1, 0.15) is 11.6 Å². The number of aliphatic imine (C=N–C) groups is 1. The van der Waals surface area contributed by atoms with Gasteiger partial charge in [0, 0.05) is 29.5 Å². The van der Waals surface area contributed by atoms with Crippen molar-refractivity contribution in [1.82, 2.24) is 15.8 Å². The molecule has 1 heterocycles. The van der Waals surface area contributed by atoms with Gasteiger partial charge in [-0.05, 0) is 37.1 Å². The lowest BCUT2D eigenvalue weighted by molar-refractivity contribution is 0.380. The fourth-order valence-corrected chi connectivity index (χ4v) is 3.04. The van der Waals surface area contributed by atoms with Crippen LogP contribution < -0.4 is 10.6 Å². The highest BCUT2D eigenvalue weighted by Crippen LogP contribution is 2.16. The molecule has 0 radical (unpaired) electrons. The zero-order chi connectivity index (χ0) is 18.2. The van der Waals surface area contributed by atoms with Crippen molar-refractivity contribution < 1.29 is 8.91 Å². The number of halogens is 2. The number of benzene rings is 1. The van der Waals surface area contributed by atoms with Gasteiger partial charge in [-0.2, -0.15) is 0 Å². The highest BCUT2D eigenvalue weighted by Gasteiger charge is 2.13. The molecule has 0 bridgehead atoms. The van der Waals surface area contributed by atoms with E-state index in [0.29, 0.717) is 23.5 Å². The summed E-state index contributed by atoms with van der Waals surface area (Å²) in [5.41, 5.74) is 2.86. The Balaban J connectivity index is 2.08. The maximum atomic E-state index is 13.5. The van der Waals surface area contributed by atoms with Gasteiger partial charge in [0.15, 0.2) is 5.96 Å². The molecule has 2 rings (SSSR count). The number of aromatic nitrogens is 1. The summed E-state index contributed by atoms with van der Waals surface area (Å²) in [4.78, 5) is 4.53. The molecule has 2 aromatic rings. The van der Waals surface area contributed by atoms with Crippen LogP contribution in [-0.4, -0.2) is 17.7 Å². The first kappa shape index (κ1) is 19.4. The Labute approximate surface area is 156 Å². The Bertz CT molecular complexity index is 688. The molecular formula is C18H24BrFN4O. The summed E-state index contributed by atoms with van der Waals surface area (Å²) >= 11 is 3.30. The molecule has 0 saturated heterocycles. The third kappa shape index (κ3) is 5.56. The van der Waals surface area contributed by atoms with Crippen molar-refractivity contribution in [2.24, 2.45) is 4.99 Å². The van der Waals surface area contributed by atoms with Gasteiger partial charge in [-0.1, -0.05) is 34.9 Å². The van der Waals surface area contributed by atoms with Gasteiger partial charge >= 0.3 is 0 Å². The third-order valence-electron chi connectivity index (χ3n) is 3.73. The molecule has 0 aliphatic carbocycles. The van der Waals surface area contributed by atoms with E-state index in [1.165, 1.54) is 12.1 Å². The Morgan fingerprint density at radius 2 is 2.00 bits per heavy atom. The van der Waals surface area contributed by atoms with E-state index in [1.54, 1.807) is 0 Å². The molecule has 1 aromatic heterocycles. The first-order valence-electron chi connectivity index (χ1n) is 8.50. The summed E-state index contributed by atoms with van der Waals surface area (Å²) in [6, 6.07) is 4.78. The van der Waals surface area contributed by atoms with Gasteiger partial charge in [-0.15, -0.1) is 0 Å². The molecule has 5 nitrogen and oxygen atoms in total. The normalized spacial score (nSPS) is 11.6. The van der Waals surface area contributed by atoms with Gasteiger partial charge in [0.2, 0.25) is 0 Å². The van der Waals surface area contributed by atoms with Crippen LogP contribution in [0.15, 0.2) is 32.2 Å². The van der Waals surface area contributed by atoms with Crippen LogP contribution in [0.1, 0.15) is 43.4 Å². The molecule has 0 saturated carbocycles. The minimum Gasteiger partial charge on any atom is -0.361 e. The summed E-state index contributed by atoms with van der Waals surface area (Å²) < 4.78 is 19.6. The Morgan fingerprint density at radius 1 is 1.20 bits per heavy atom. The van der Waals surface area contributed by atoms with Gasteiger partial charge in [-0.3, -0.25) is 0 Å². The van der Waals surface area contributed by atoms with Crippen molar-refractivity contribution in [3.63, 3.8) is 0 Å². The van der Waals surface area contributed by atoms with Crippen LogP contribution in [0.5, 0.6) is 0 Å². The van der Waals surface area contributed by atoms with Crippen LogP contribution in [0.4, 0.5) is 4.39 Å². The van der Waals surface area contributed by atoms with Crippen LogP contribution >= 0.6 is 15.9 Å². The molecule has 2 N–H and O–H groups in total. The Morgan fingerprint density at radius 3 is 2.64 bits per heavy atom. The minimum absolute atomic E-state index is 0.276. The van der Waals surface area contributed by atoms with E-state index < -0.39 is 0 Å². The molecule has 0 aliphatic heterocycles. The monoisotopic (exact) mass is 410 g/mol. The predicted octanol–water partition coefficient (Wildman–Crippen LogP) is 3.96. The van der Waals surface area contributed by atoms with Crippen LogP contribution in [0.25, 0.3) is 0 Å². The number of nitrogens with zero attached hydrogens (tertiary/aromatic N) is 2. The molecule has 0 spiro atoms. The van der Waals surface area contributed by atoms with Crippen LogP contribution in [0, 0.1) is 5.82 Å². The van der Waals surface area contributed by atoms with E-state index in [0.717, 1.165) is 42.0 Å². The molecule has 25 heavy (non-hydrogen) atoms. The molecule has 0 amide bonds. The largest absolute Gasteiger partial charge is 0.361 e. The summed E-state index contributed by atoms with van der Waals surface area (Å²) in [5, 5.41) is 10.6. The minimum atomic E-state index is -0.276. The molecule has 0 atom stereocenters. The molecule has 1 aromatic carbocycles. The summed E-state index contributed by atoms with van der Waals surface area (Å²) in [6.45, 7) is 7.82. The number of hydrogen-bond acceptors (Lipinski definition) is 3. The van der Waals surface area contributed by atoms with E-state index in [1.807, 2.05) is 19.9 Å². The number of hydrogen-bond donors (Lipinski definition) is 2. The maximum Gasteiger partial charge on any atom is 0.191 e. The average Bonchev–Trinajstić information content (AvgIpc) is 2.98. The number of guanidine groups is 1. The fourth-order valence-electron chi connectivity index (χ4n) is 2.52. The second-order valence-corrected chi connectivity index (χ2v) is 6.48. The lowest BCUT2D eigenvalue weighted by Crippen LogP contribution is -2.37. The standard InChI is InChI=1S/C18H24BrFN4O/c1-4-16-15(17(5-2)25-24-16)11-23-18(21-6-3)22-10-12-7-13(19)9-14(20)8-12/h7-9H,4-6,10-11H2,1-3H3,(H2,21,22,23). The highest BCUT2D eigenvalue weighted by molar-refractivity contribution is 9.10. The van der Waals surface area contributed by atoms with E-state index in [2.05, 4.69) is 43.6 Å². The van der Waals surface area contributed by atoms with Gasteiger partial charge < -0.3 is 15.2 Å². The molecule has 0 fully saturated rings. The van der Waals surface area contributed by atoms with Crippen molar-refractivity contribution in [2.45, 2.75) is 46.7 Å². The molecule has 0 aliphatic rings. The number of aryl methyl sites for hydroxylation is 2. The number of rotatable bonds is 7. The fraction of sp³-hybridized carbons (Fsp3) is 0.444. The van der Waals surface area contributed by atoms with Gasteiger partial charge in [0.25, 0.3) is 0 Å². The van der Waals surface area contributed by atoms with Gasteiger partial charge in [0.05, 0.1) is 12.2 Å². The average molecular weight is 411 g/mol. The van der Waals surface area contributed by atoms with E-state index >= 15 is 0 Å². The van der Waals surface area contributed by atoms with Gasteiger partial charge in [-0.25, -0.2) is 9.38 Å². The Hall–Kier alpha value is -1.89. The van der Waals surface area contributed by atoms with Crippen molar-refractivity contribution in [3.05, 3.63) is 51.1 Å². The summed E-state index contributed by atoms with van der Waals surface area (Å²) in [7, 11) is 0. The molecular weight excluding hydrogens is 387 g/mol. The topological polar surface area (TPSA) is 62.5 Å². The first-order valence-corrected chi connectivity index (χ1v) is 9.30. The molecule has 136 valence electrons. The smallest absolute Gasteiger partial charge is 0.191 e. The highest BCUT2D eigenvalue weighted by atomic mass is 79.9. The predicted molar refractivity (Wildman–Crippen MR) is 101 cm³/mol. The zero-order valence-corrected chi connectivity index (χ0v) is 16.4. The third-order valence-corrected chi connectivity index (χ3v) is 4.18. The lowest BCUT2D eigenvalue weighted by Gasteiger charge is -2.12. The first-order chi connectivity index (χ1) is 12.1. The van der Waals surface area contributed by atoms with Crippen LogP contribution in [0.3, 0.4) is 0 Å². The molecule has 7 heteroatoms. The maximum absolute atomic E-state index is 13.5. The van der Waals surface area contributed by atoms with Crippen molar-refractivity contribution >= 4 is 21.9 Å². The second-order valence-electron chi connectivity index (χ2n) is 5.56.